The Bertz CT molecular complexity index is 466. The van der Waals surface area contributed by atoms with Gasteiger partial charge in [-0.15, -0.1) is 11.6 Å². The van der Waals surface area contributed by atoms with Crippen LogP contribution in [0.15, 0.2) is 12.1 Å². The lowest BCUT2D eigenvalue weighted by atomic mass is 9.78. The minimum atomic E-state index is -0.466. The summed E-state index contributed by atoms with van der Waals surface area (Å²) in [5.74, 6) is -0.192. The third kappa shape index (κ3) is 2.52. The molecule has 1 saturated carbocycles. The normalized spacial score (nSPS) is 26.4. The van der Waals surface area contributed by atoms with Crippen molar-refractivity contribution in [2.75, 3.05) is 11.4 Å². The molecule has 1 nitrogen and oxygen atoms in total. The van der Waals surface area contributed by atoms with E-state index in [0.717, 1.165) is 19.4 Å². The molecule has 3 rings (SSSR count). The van der Waals surface area contributed by atoms with Gasteiger partial charge < -0.3 is 4.90 Å². The minimum Gasteiger partial charge on any atom is -0.364 e. The number of rotatable bonds is 2. The molecule has 1 saturated heterocycles. The van der Waals surface area contributed by atoms with E-state index in [9.17, 15) is 8.78 Å². The van der Waals surface area contributed by atoms with E-state index in [-0.39, 0.29) is 11.6 Å². The smallest absolute Gasteiger partial charge is 0.149 e. The summed E-state index contributed by atoms with van der Waals surface area (Å²) in [5, 5.41) is 0. The van der Waals surface area contributed by atoms with Gasteiger partial charge in [0.2, 0.25) is 0 Å². The first-order valence-corrected chi connectivity index (χ1v) is 8.04. The fourth-order valence-electron chi connectivity index (χ4n) is 3.87. The summed E-state index contributed by atoms with van der Waals surface area (Å²) >= 11 is 5.67. The summed E-state index contributed by atoms with van der Waals surface area (Å²) in [5.41, 5.74) is 0.665. The summed E-state index contributed by atoms with van der Waals surface area (Å²) in [6.07, 6.45) is 6.90. The van der Waals surface area contributed by atoms with Crippen LogP contribution >= 0.6 is 11.6 Å². The summed E-state index contributed by atoms with van der Waals surface area (Å²) < 4.78 is 28.6. The first kappa shape index (κ1) is 14.1. The molecule has 4 heteroatoms. The largest absolute Gasteiger partial charge is 0.364 e. The molecule has 1 aromatic carbocycles. The monoisotopic (exact) mass is 299 g/mol. The van der Waals surface area contributed by atoms with Gasteiger partial charge in [-0.3, -0.25) is 0 Å². The number of nitrogens with zero attached hydrogens (tertiary/aromatic N) is 1. The van der Waals surface area contributed by atoms with E-state index in [4.69, 9.17) is 11.6 Å². The minimum absolute atomic E-state index is 0.139. The van der Waals surface area contributed by atoms with Crippen LogP contribution in [0.2, 0.25) is 0 Å². The van der Waals surface area contributed by atoms with Crippen LogP contribution in [-0.4, -0.2) is 12.6 Å². The Morgan fingerprint density at radius 3 is 2.40 bits per heavy atom. The third-order valence-electron chi connectivity index (χ3n) is 4.76. The lowest BCUT2D eigenvalue weighted by Gasteiger charge is -2.45. The fraction of sp³-hybridized carbons (Fsp3) is 0.625. The Morgan fingerprint density at radius 2 is 1.70 bits per heavy atom. The SMILES string of the molecule is Fc1cc(CCl)cc(F)c1N1CCC[C@H]2CCCC[C@H]21. The number of anilines is 1. The lowest BCUT2D eigenvalue weighted by molar-refractivity contribution is 0.241. The molecule has 1 heterocycles. The molecule has 0 unspecified atom stereocenters. The van der Waals surface area contributed by atoms with Gasteiger partial charge in [0.25, 0.3) is 0 Å². The van der Waals surface area contributed by atoms with Crippen LogP contribution in [0.3, 0.4) is 0 Å². The number of alkyl halides is 1. The Hall–Kier alpha value is -0.830. The highest BCUT2D eigenvalue weighted by molar-refractivity contribution is 6.17. The quantitative estimate of drug-likeness (QED) is 0.705. The summed E-state index contributed by atoms with van der Waals surface area (Å²) in [7, 11) is 0. The molecule has 0 N–H and O–H groups in total. The predicted molar refractivity (Wildman–Crippen MR) is 78.2 cm³/mol. The van der Waals surface area contributed by atoms with E-state index >= 15 is 0 Å². The maximum atomic E-state index is 14.3. The number of halogens is 3. The van der Waals surface area contributed by atoms with Crippen molar-refractivity contribution in [3.05, 3.63) is 29.3 Å². The van der Waals surface area contributed by atoms with Crippen molar-refractivity contribution < 1.29 is 8.78 Å². The number of fused-ring (bicyclic) bond motifs is 1. The highest BCUT2D eigenvalue weighted by atomic mass is 35.5. The zero-order valence-electron chi connectivity index (χ0n) is 11.5. The summed E-state index contributed by atoms with van der Waals surface area (Å²) in [6.45, 7) is 0.759. The Labute approximate surface area is 123 Å². The van der Waals surface area contributed by atoms with Gasteiger partial charge in [-0.25, -0.2) is 8.78 Å². The fourth-order valence-corrected chi connectivity index (χ4v) is 4.03. The third-order valence-corrected chi connectivity index (χ3v) is 5.07. The number of piperidine rings is 1. The molecule has 2 atom stereocenters. The van der Waals surface area contributed by atoms with Gasteiger partial charge in [0.05, 0.1) is 0 Å². The second kappa shape index (κ2) is 5.88. The van der Waals surface area contributed by atoms with E-state index in [1.54, 1.807) is 0 Å². The topological polar surface area (TPSA) is 3.24 Å². The van der Waals surface area contributed by atoms with Crippen molar-refractivity contribution in [2.24, 2.45) is 5.92 Å². The second-order valence-electron chi connectivity index (χ2n) is 5.99. The Balaban J connectivity index is 1.94. The van der Waals surface area contributed by atoms with Gasteiger partial charge >= 0.3 is 0 Å². The van der Waals surface area contributed by atoms with Crippen LogP contribution < -0.4 is 4.90 Å². The maximum Gasteiger partial charge on any atom is 0.149 e. The number of hydrogen-bond acceptors (Lipinski definition) is 1. The lowest BCUT2D eigenvalue weighted by Crippen LogP contribution is -2.47. The molecule has 0 spiro atoms. The van der Waals surface area contributed by atoms with Gasteiger partial charge in [0.1, 0.15) is 17.3 Å². The van der Waals surface area contributed by atoms with Crippen molar-refractivity contribution in [3.63, 3.8) is 0 Å². The van der Waals surface area contributed by atoms with Crippen LogP contribution in [0.1, 0.15) is 44.1 Å². The average molecular weight is 300 g/mol. The molecule has 110 valence electrons. The standard InChI is InChI=1S/C16H20ClF2N/c17-10-11-8-13(18)16(14(19)9-11)20-7-3-5-12-4-1-2-6-15(12)20/h8-9,12,15H,1-7,10H2/t12-,15-/m1/s1. The molecular formula is C16H20ClF2N. The van der Waals surface area contributed by atoms with Crippen LogP contribution in [0.25, 0.3) is 0 Å². The van der Waals surface area contributed by atoms with Crippen molar-refractivity contribution in [2.45, 2.75) is 50.4 Å². The van der Waals surface area contributed by atoms with Crippen molar-refractivity contribution >= 4 is 17.3 Å². The van der Waals surface area contributed by atoms with Gasteiger partial charge in [-0.2, -0.15) is 0 Å². The molecule has 0 amide bonds. The first-order valence-electron chi connectivity index (χ1n) is 7.51. The maximum absolute atomic E-state index is 14.3. The molecule has 1 aliphatic carbocycles. The average Bonchev–Trinajstić information content (AvgIpc) is 2.46. The molecule has 1 aromatic rings. The molecule has 0 bridgehead atoms. The van der Waals surface area contributed by atoms with E-state index in [0.29, 0.717) is 17.5 Å². The van der Waals surface area contributed by atoms with E-state index in [2.05, 4.69) is 0 Å². The van der Waals surface area contributed by atoms with E-state index < -0.39 is 11.6 Å². The molecule has 0 aromatic heterocycles. The zero-order chi connectivity index (χ0) is 14.1. The predicted octanol–water partition coefficient (Wildman–Crippen LogP) is 4.86. The van der Waals surface area contributed by atoms with Crippen molar-refractivity contribution in [1.29, 1.82) is 0 Å². The van der Waals surface area contributed by atoms with Crippen LogP contribution in [-0.2, 0) is 5.88 Å². The number of benzene rings is 1. The molecule has 2 aliphatic rings. The zero-order valence-corrected chi connectivity index (χ0v) is 12.3. The van der Waals surface area contributed by atoms with Gasteiger partial charge in [0.15, 0.2) is 0 Å². The molecule has 0 radical (unpaired) electrons. The highest BCUT2D eigenvalue weighted by Crippen LogP contribution is 2.39. The summed E-state index contributed by atoms with van der Waals surface area (Å²) in [4.78, 5) is 1.98. The first-order chi connectivity index (χ1) is 9.70. The Kier molecular flexibility index (Phi) is 4.16. The second-order valence-corrected chi connectivity index (χ2v) is 6.26. The van der Waals surface area contributed by atoms with Crippen LogP contribution in [0.4, 0.5) is 14.5 Å². The number of hydrogen-bond donors (Lipinski definition) is 0. The Morgan fingerprint density at radius 1 is 1.05 bits per heavy atom. The van der Waals surface area contributed by atoms with Gasteiger partial charge in [0, 0.05) is 18.5 Å². The molecule has 2 fully saturated rings. The summed E-state index contributed by atoms with van der Waals surface area (Å²) in [6, 6.07) is 3.05. The molecule has 1 aliphatic heterocycles. The highest BCUT2D eigenvalue weighted by Gasteiger charge is 2.35. The molecule has 20 heavy (non-hydrogen) atoms. The van der Waals surface area contributed by atoms with Crippen molar-refractivity contribution in [3.8, 4) is 0 Å². The van der Waals surface area contributed by atoms with Crippen LogP contribution in [0, 0.1) is 17.6 Å². The van der Waals surface area contributed by atoms with E-state index in [1.807, 2.05) is 4.90 Å². The van der Waals surface area contributed by atoms with E-state index in [1.165, 1.54) is 37.8 Å². The van der Waals surface area contributed by atoms with Crippen molar-refractivity contribution in [1.82, 2.24) is 0 Å². The van der Waals surface area contributed by atoms with Gasteiger partial charge in [-0.05, 0) is 49.3 Å². The molecular weight excluding hydrogens is 280 g/mol. The van der Waals surface area contributed by atoms with Crippen LogP contribution in [0.5, 0.6) is 0 Å². The van der Waals surface area contributed by atoms with Gasteiger partial charge in [-0.1, -0.05) is 12.8 Å².